The van der Waals surface area contributed by atoms with Crippen LogP contribution in [0.4, 0.5) is 4.39 Å². The fourth-order valence-electron chi connectivity index (χ4n) is 1.71. The van der Waals surface area contributed by atoms with E-state index in [1.54, 1.807) is 6.92 Å². The molecule has 0 saturated heterocycles. The summed E-state index contributed by atoms with van der Waals surface area (Å²) in [5, 5.41) is 7.37. The number of nitrogens with one attached hydrogen (secondary N) is 1. The number of primary amides is 1. The minimum Gasteiger partial charge on any atom is -0.384 e. The number of nitrogens with two attached hydrogens (primary N) is 2. The van der Waals surface area contributed by atoms with Crippen LogP contribution in [0.25, 0.3) is 0 Å². The van der Waals surface area contributed by atoms with Gasteiger partial charge in [-0.2, -0.15) is 0 Å². The van der Waals surface area contributed by atoms with Gasteiger partial charge in [0, 0.05) is 5.92 Å². The van der Waals surface area contributed by atoms with E-state index in [0.717, 1.165) is 0 Å². The molecule has 106 valence electrons. The summed E-state index contributed by atoms with van der Waals surface area (Å²) in [7, 11) is 0. The summed E-state index contributed by atoms with van der Waals surface area (Å²) in [4.78, 5) is 11.1. The quantitative estimate of drug-likeness (QED) is 0.575. The van der Waals surface area contributed by atoms with Crippen LogP contribution in [0.2, 0.25) is 5.02 Å². The maximum atomic E-state index is 14.1. The Balaban J connectivity index is 0.00000324. The average molecular weight is 308 g/mol. The van der Waals surface area contributed by atoms with Crippen LogP contribution in [0.5, 0.6) is 0 Å². The van der Waals surface area contributed by atoms with Gasteiger partial charge in [-0.1, -0.05) is 24.6 Å². The number of rotatable bonds is 5. The van der Waals surface area contributed by atoms with E-state index in [9.17, 15) is 9.18 Å². The number of nitrogen functional groups attached to an aromatic ring is 1. The van der Waals surface area contributed by atoms with Crippen LogP contribution in [0, 0.1) is 17.1 Å². The maximum Gasteiger partial charge on any atom is 0.220 e. The molecule has 19 heavy (non-hydrogen) atoms. The van der Waals surface area contributed by atoms with Crippen LogP contribution in [0.15, 0.2) is 12.1 Å². The van der Waals surface area contributed by atoms with Crippen molar-refractivity contribution in [2.24, 2.45) is 17.4 Å². The molecule has 1 aromatic rings. The first-order valence-electron chi connectivity index (χ1n) is 5.49. The van der Waals surface area contributed by atoms with Gasteiger partial charge in [0.05, 0.1) is 10.6 Å². The highest BCUT2D eigenvalue weighted by molar-refractivity contribution is 6.34. The fourth-order valence-corrected chi connectivity index (χ4v) is 1.96. The summed E-state index contributed by atoms with van der Waals surface area (Å²) in [6.07, 6.45) is 0.696. The first-order valence-corrected chi connectivity index (χ1v) is 5.86. The highest BCUT2D eigenvalue weighted by Gasteiger charge is 2.19. The second-order valence-electron chi connectivity index (χ2n) is 4.02. The normalized spacial score (nSPS) is 11.5. The van der Waals surface area contributed by atoms with Crippen molar-refractivity contribution in [1.29, 1.82) is 5.41 Å². The highest BCUT2D eigenvalue weighted by atomic mass is 35.5. The Labute approximate surface area is 122 Å². The molecule has 0 bridgehead atoms. The summed E-state index contributed by atoms with van der Waals surface area (Å²) in [6.45, 7) is 1.80. The molecule has 0 fully saturated rings. The van der Waals surface area contributed by atoms with Crippen molar-refractivity contribution in [1.82, 2.24) is 0 Å². The molecule has 0 radical (unpaired) electrons. The van der Waals surface area contributed by atoms with Crippen molar-refractivity contribution >= 4 is 35.8 Å². The molecule has 0 saturated carbocycles. The van der Waals surface area contributed by atoms with E-state index in [-0.39, 0.29) is 35.0 Å². The lowest BCUT2D eigenvalue weighted by Gasteiger charge is -2.13. The molecule has 0 aliphatic heterocycles. The number of hydrogen-bond donors (Lipinski definition) is 3. The molecule has 0 aromatic heterocycles. The predicted molar refractivity (Wildman–Crippen MR) is 76.4 cm³/mol. The lowest BCUT2D eigenvalue weighted by molar-refractivity contribution is -0.121. The van der Waals surface area contributed by atoms with E-state index < -0.39 is 23.5 Å². The molecule has 0 heterocycles. The molecule has 1 amide bonds. The van der Waals surface area contributed by atoms with E-state index in [1.165, 1.54) is 12.1 Å². The van der Waals surface area contributed by atoms with Gasteiger partial charge >= 0.3 is 0 Å². The van der Waals surface area contributed by atoms with Crippen LogP contribution in [-0.2, 0) is 11.2 Å². The maximum absolute atomic E-state index is 14.1. The Morgan fingerprint density at radius 3 is 2.47 bits per heavy atom. The van der Waals surface area contributed by atoms with Gasteiger partial charge in [-0.05, 0) is 24.5 Å². The van der Waals surface area contributed by atoms with Crippen LogP contribution >= 0.6 is 24.0 Å². The van der Waals surface area contributed by atoms with Gasteiger partial charge < -0.3 is 11.5 Å². The Hall–Kier alpha value is -1.33. The standard InChI is InChI=1S/C12H15ClFN3O.ClH/c1-2-6(12(17)18)5-7-3-4-8(13)9(10(7)14)11(15)16;/h3-4,6H,2,5H2,1H3,(H3,15,16)(H2,17,18);1H. The molecule has 0 spiro atoms. The minimum atomic E-state index is -0.658. The van der Waals surface area contributed by atoms with Gasteiger partial charge in [0.15, 0.2) is 0 Å². The van der Waals surface area contributed by atoms with Crippen LogP contribution in [0.1, 0.15) is 24.5 Å². The first-order chi connectivity index (χ1) is 8.38. The molecular weight excluding hydrogens is 292 g/mol. The van der Waals surface area contributed by atoms with Crippen molar-refractivity contribution in [3.63, 3.8) is 0 Å². The molecule has 1 atom stereocenters. The summed E-state index contributed by atoms with van der Waals surface area (Å²) in [5.74, 6) is -2.02. The Morgan fingerprint density at radius 1 is 1.47 bits per heavy atom. The number of benzene rings is 1. The highest BCUT2D eigenvalue weighted by Crippen LogP contribution is 2.24. The molecule has 5 N–H and O–H groups in total. The molecular formula is C12H16Cl2FN3O. The number of amidine groups is 1. The fraction of sp³-hybridized carbons (Fsp3) is 0.333. The molecule has 7 heteroatoms. The monoisotopic (exact) mass is 307 g/mol. The summed E-state index contributed by atoms with van der Waals surface area (Å²) < 4.78 is 14.1. The van der Waals surface area contributed by atoms with Gasteiger partial charge in [-0.15, -0.1) is 12.4 Å². The molecule has 4 nitrogen and oxygen atoms in total. The smallest absolute Gasteiger partial charge is 0.220 e. The largest absolute Gasteiger partial charge is 0.384 e. The van der Waals surface area contributed by atoms with Crippen molar-refractivity contribution in [2.45, 2.75) is 19.8 Å². The SMILES string of the molecule is CCC(Cc1ccc(Cl)c(C(=N)N)c1F)C(N)=O.Cl. The Kier molecular flexibility index (Phi) is 6.79. The van der Waals surface area contributed by atoms with Gasteiger partial charge in [0.25, 0.3) is 0 Å². The van der Waals surface area contributed by atoms with E-state index in [4.69, 9.17) is 28.5 Å². The van der Waals surface area contributed by atoms with Gasteiger partial charge in [0.2, 0.25) is 5.91 Å². The molecule has 1 unspecified atom stereocenters. The third kappa shape index (κ3) is 4.08. The van der Waals surface area contributed by atoms with Crippen LogP contribution in [0.3, 0.4) is 0 Å². The number of amides is 1. The Morgan fingerprint density at radius 2 is 2.05 bits per heavy atom. The van der Waals surface area contributed by atoms with Gasteiger partial charge in [-0.25, -0.2) is 4.39 Å². The topological polar surface area (TPSA) is 93.0 Å². The zero-order valence-corrected chi connectivity index (χ0v) is 11.9. The number of halogens is 3. The third-order valence-corrected chi connectivity index (χ3v) is 3.12. The number of carbonyl (C=O) groups is 1. The molecule has 0 aliphatic rings. The van der Waals surface area contributed by atoms with E-state index in [0.29, 0.717) is 6.42 Å². The average Bonchev–Trinajstić information content (AvgIpc) is 2.27. The third-order valence-electron chi connectivity index (χ3n) is 2.80. The first kappa shape index (κ1) is 17.7. The van der Waals surface area contributed by atoms with Crippen LogP contribution < -0.4 is 11.5 Å². The summed E-state index contributed by atoms with van der Waals surface area (Å²) >= 11 is 5.78. The van der Waals surface area contributed by atoms with Crippen molar-refractivity contribution in [3.8, 4) is 0 Å². The van der Waals surface area contributed by atoms with Crippen molar-refractivity contribution < 1.29 is 9.18 Å². The molecule has 1 rings (SSSR count). The second-order valence-corrected chi connectivity index (χ2v) is 4.43. The van der Waals surface area contributed by atoms with Gasteiger partial charge in [0.1, 0.15) is 11.7 Å². The Bertz CT molecular complexity index is 494. The van der Waals surface area contributed by atoms with Crippen molar-refractivity contribution in [3.05, 3.63) is 34.1 Å². The van der Waals surface area contributed by atoms with Crippen molar-refractivity contribution in [2.75, 3.05) is 0 Å². The zero-order valence-electron chi connectivity index (χ0n) is 10.4. The number of hydrogen-bond acceptors (Lipinski definition) is 2. The molecule has 1 aromatic carbocycles. The van der Waals surface area contributed by atoms with Gasteiger partial charge in [-0.3, -0.25) is 10.2 Å². The second kappa shape index (κ2) is 7.31. The van der Waals surface area contributed by atoms with E-state index in [1.807, 2.05) is 0 Å². The molecule has 0 aliphatic carbocycles. The summed E-state index contributed by atoms with van der Waals surface area (Å²) in [5.41, 5.74) is 10.6. The zero-order chi connectivity index (χ0) is 13.9. The lowest BCUT2D eigenvalue weighted by atomic mass is 9.94. The number of carbonyl (C=O) groups excluding carboxylic acids is 1. The summed E-state index contributed by atoms with van der Waals surface area (Å²) in [6, 6.07) is 2.94. The minimum absolute atomic E-state index is 0. The van der Waals surface area contributed by atoms with E-state index in [2.05, 4.69) is 0 Å². The predicted octanol–water partition coefficient (Wildman–Crippen LogP) is 2.24. The lowest BCUT2D eigenvalue weighted by Crippen LogP contribution is -2.25. The van der Waals surface area contributed by atoms with E-state index >= 15 is 0 Å². The van der Waals surface area contributed by atoms with Crippen LogP contribution in [-0.4, -0.2) is 11.7 Å².